The summed E-state index contributed by atoms with van der Waals surface area (Å²) in [5.74, 6) is 3.63. The maximum Gasteiger partial charge on any atom is 0.150 e. The molecule has 1 saturated carbocycles. The molecule has 0 aromatic heterocycles. The smallest absolute Gasteiger partial charge is 0.150 e. The Morgan fingerprint density at radius 3 is 2.24 bits per heavy atom. The number of anilines is 1. The number of carbonyl (C=O) groups excluding carboxylic acids is 1. The summed E-state index contributed by atoms with van der Waals surface area (Å²) in [5, 5.41) is 0. The lowest BCUT2D eigenvalue weighted by molar-refractivity contribution is 0.112. The quantitative estimate of drug-likeness (QED) is 0.743. The van der Waals surface area contributed by atoms with Gasteiger partial charge in [0.2, 0.25) is 0 Å². The van der Waals surface area contributed by atoms with E-state index in [2.05, 4.69) is 30.9 Å². The Kier molecular flexibility index (Phi) is 2.46. The molecule has 1 aliphatic heterocycles. The Balaban J connectivity index is 1.67. The molecule has 0 amide bonds. The molecule has 1 saturated heterocycles. The van der Waals surface area contributed by atoms with Crippen LogP contribution in [-0.2, 0) is 0 Å². The number of nitrogens with zero attached hydrogens (tertiary/aromatic N) is 1. The average Bonchev–Trinajstić information content (AvgIpc) is 2.86. The van der Waals surface area contributed by atoms with E-state index >= 15 is 0 Å². The maximum atomic E-state index is 10.6. The van der Waals surface area contributed by atoms with E-state index in [4.69, 9.17) is 0 Å². The van der Waals surface area contributed by atoms with Crippen LogP contribution >= 0.6 is 0 Å². The van der Waals surface area contributed by atoms with Gasteiger partial charge in [0.05, 0.1) is 0 Å². The first kappa shape index (κ1) is 10.8. The van der Waals surface area contributed by atoms with Crippen molar-refractivity contribution in [3.63, 3.8) is 0 Å². The minimum Gasteiger partial charge on any atom is -0.371 e. The van der Waals surface area contributed by atoms with Crippen LogP contribution in [0.15, 0.2) is 24.3 Å². The monoisotopic (exact) mass is 229 g/mol. The molecule has 0 N–H and O–H groups in total. The van der Waals surface area contributed by atoms with Crippen LogP contribution in [0.4, 0.5) is 5.69 Å². The Bertz CT molecular complexity index is 411. The van der Waals surface area contributed by atoms with Gasteiger partial charge in [-0.3, -0.25) is 4.79 Å². The average molecular weight is 229 g/mol. The molecule has 1 aromatic carbocycles. The molecule has 0 bridgehead atoms. The van der Waals surface area contributed by atoms with E-state index in [0.717, 1.165) is 35.5 Å². The molecule has 90 valence electrons. The van der Waals surface area contributed by atoms with Crippen LogP contribution in [0, 0.1) is 23.7 Å². The molecule has 2 unspecified atom stereocenters. The van der Waals surface area contributed by atoms with Crippen molar-refractivity contribution in [1.82, 2.24) is 0 Å². The first-order chi connectivity index (χ1) is 8.20. The summed E-state index contributed by atoms with van der Waals surface area (Å²) < 4.78 is 0. The largest absolute Gasteiger partial charge is 0.371 e. The van der Waals surface area contributed by atoms with Crippen LogP contribution in [-0.4, -0.2) is 19.4 Å². The van der Waals surface area contributed by atoms with Gasteiger partial charge < -0.3 is 4.90 Å². The van der Waals surface area contributed by atoms with E-state index in [0.29, 0.717) is 0 Å². The summed E-state index contributed by atoms with van der Waals surface area (Å²) in [6.07, 6.45) is 0.903. The first-order valence-electron chi connectivity index (χ1n) is 6.51. The van der Waals surface area contributed by atoms with Gasteiger partial charge in [0, 0.05) is 24.3 Å². The van der Waals surface area contributed by atoms with Crippen molar-refractivity contribution in [1.29, 1.82) is 0 Å². The number of rotatable bonds is 3. The molecule has 2 nitrogen and oxygen atoms in total. The van der Waals surface area contributed by atoms with Gasteiger partial charge in [-0.15, -0.1) is 0 Å². The Morgan fingerprint density at radius 1 is 1.18 bits per heavy atom. The van der Waals surface area contributed by atoms with Gasteiger partial charge in [0.25, 0.3) is 0 Å². The fraction of sp³-hybridized carbons (Fsp3) is 0.533. The number of hydrogen-bond acceptors (Lipinski definition) is 2. The zero-order valence-electron chi connectivity index (χ0n) is 10.5. The van der Waals surface area contributed by atoms with Gasteiger partial charge in [-0.1, -0.05) is 13.8 Å². The van der Waals surface area contributed by atoms with E-state index in [1.165, 1.54) is 18.8 Å². The van der Waals surface area contributed by atoms with Crippen LogP contribution in [0.1, 0.15) is 24.2 Å². The van der Waals surface area contributed by atoms with Gasteiger partial charge in [-0.25, -0.2) is 0 Å². The molecule has 0 radical (unpaired) electrons. The van der Waals surface area contributed by atoms with Gasteiger partial charge in [0.1, 0.15) is 6.29 Å². The van der Waals surface area contributed by atoms with Gasteiger partial charge in [0.15, 0.2) is 0 Å². The first-order valence-corrected chi connectivity index (χ1v) is 6.51. The second kappa shape index (κ2) is 3.86. The fourth-order valence-electron chi connectivity index (χ4n) is 3.54. The molecule has 17 heavy (non-hydrogen) atoms. The zero-order valence-corrected chi connectivity index (χ0v) is 10.5. The molecule has 0 spiro atoms. The second-order valence-electron chi connectivity index (χ2n) is 5.76. The topological polar surface area (TPSA) is 20.3 Å². The summed E-state index contributed by atoms with van der Waals surface area (Å²) in [6, 6.07) is 7.95. The summed E-state index contributed by atoms with van der Waals surface area (Å²) in [4.78, 5) is 13.1. The van der Waals surface area contributed by atoms with Gasteiger partial charge in [-0.2, -0.15) is 0 Å². The highest BCUT2D eigenvalue weighted by Crippen LogP contribution is 2.55. The predicted octanol–water partition coefficient (Wildman–Crippen LogP) is 2.84. The number of piperidine rings is 1. The van der Waals surface area contributed by atoms with Crippen molar-refractivity contribution in [2.45, 2.75) is 13.8 Å². The standard InChI is InChI=1S/C15H19NO/c1-10(2)15-13-7-16(8-14(13)15)12-5-3-11(9-17)4-6-12/h3-6,9-10,13-15H,7-8H2,1-2H3. The number of benzene rings is 1. The van der Waals surface area contributed by atoms with Crippen molar-refractivity contribution in [2.24, 2.45) is 23.7 Å². The summed E-state index contributed by atoms with van der Waals surface area (Å²) in [5.41, 5.74) is 2.03. The third-order valence-corrected chi connectivity index (χ3v) is 4.42. The summed E-state index contributed by atoms with van der Waals surface area (Å²) in [6.45, 7) is 7.08. The van der Waals surface area contributed by atoms with Crippen molar-refractivity contribution < 1.29 is 4.79 Å². The van der Waals surface area contributed by atoms with Crippen LogP contribution in [0.5, 0.6) is 0 Å². The molecule has 2 atom stereocenters. The number of fused-ring (bicyclic) bond motifs is 1. The van der Waals surface area contributed by atoms with Crippen molar-refractivity contribution in [3.8, 4) is 0 Å². The molecule has 1 aliphatic carbocycles. The molecule has 1 heterocycles. The van der Waals surface area contributed by atoms with E-state index in [-0.39, 0.29) is 0 Å². The highest BCUT2D eigenvalue weighted by molar-refractivity contribution is 5.75. The lowest BCUT2D eigenvalue weighted by Gasteiger charge is -2.23. The SMILES string of the molecule is CC(C)C1C2CN(c3ccc(C=O)cc3)CC21. The lowest BCUT2D eigenvalue weighted by Crippen LogP contribution is -2.24. The number of hydrogen-bond donors (Lipinski definition) is 0. The number of carbonyl (C=O) groups is 1. The minimum absolute atomic E-state index is 0.762. The Labute approximate surface area is 103 Å². The Hall–Kier alpha value is -1.31. The molecule has 1 aromatic rings. The molecule has 2 fully saturated rings. The second-order valence-corrected chi connectivity index (χ2v) is 5.76. The zero-order chi connectivity index (χ0) is 12.0. The fourth-order valence-corrected chi connectivity index (χ4v) is 3.54. The van der Waals surface area contributed by atoms with Crippen LogP contribution in [0.25, 0.3) is 0 Å². The van der Waals surface area contributed by atoms with Crippen molar-refractivity contribution in [3.05, 3.63) is 29.8 Å². The van der Waals surface area contributed by atoms with Crippen molar-refractivity contribution >= 4 is 12.0 Å². The highest BCUT2D eigenvalue weighted by atomic mass is 16.1. The van der Waals surface area contributed by atoms with Crippen LogP contribution in [0.3, 0.4) is 0 Å². The minimum atomic E-state index is 0.762. The van der Waals surface area contributed by atoms with E-state index in [9.17, 15) is 4.79 Å². The Morgan fingerprint density at radius 2 is 1.76 bits per heavy atom. The third-order valence-electron chi connectivity index (χ3n) is 4.42. The van der Waals surface area contributed by atoms with Crippen LogP contribution in [0.2, 0.25) is 0 Å². The molecule has 2 aliphatic rings. The summed E-state index contributed by atoms with van der Waals surface area (Å²) in [7, 11) is 0. The van der Waals surface area contributed by atoms with Gasteiger partial charge >= 0.3 is 0 Å². The van der Waals surface area contributed by atoms with E-state index in [1.807, 2.05) is 12.1 Å². The lowest BCUT2D eigenvalue weighted by atomic mass is 10.0. The van der Waals surface area contributed by atoms with E-state index in [1.54, 1.807) is 0 Å². The molecule has 2 heteroatoms. The highest BCUT2D eigenvalue weighted by Gasteiger charge is 2.56. The number of aldehydes is 1. The predicted molar refractivity (Wildman–Crippen MR) is 69.4 cm³/mol. The maximum absolute atomic E-state index is 10.6. The van der Waals surface area contributed by atoms with E-state index < -0.39 is 0 Å². The van der Waals surface area contributed by atoms with Crippen molar-refractivity contribution in [2.75, 3.05) is 18.0 Å². The third kappa shape index (κ3) is 1.76. The molecular formula is C15H19NO. The summed E-state index contributed by atoms with van der Waals surface area (Å²) >= 11 is 0. The molecular weight excluding hydrogens is 210 g/mol. The van der Waals surface area contributed by atoms with Gasteiger partial charge in [-0.05, 0) is 47.9 Å². The van der Waals surface area contributed by atoms with Crippen LogP contribution < -0.4 is 4.90 Å². The normalized spacial score (nSPS) is 30.5. The molecule has 3 rings (SSSR count).